The van der Waals surface area contributed by atoms with E-state index in [4.69, 9.17) is 18.5 Å². The third-order valence-corrected chi connectivity index (χ3v) is 9.87. The number of ether oxygens (including phenoxy) is 2. The second kappa shape index (κ2) is 39.0. The summed E-state index contributed by atoms with van der Waals surface area (Å²) in [6.45, 7) is 4.03. The molecule has 11 heteroatoms. The van der Waals surface area contributed by atoms with Crippen molar-refractivity contribution in [3.8, 4) is 0 Å². The number of nitrogens with zero attached hydrogens (tertiary/aromatic N) is 1. The van der Waals surface area contributed by atoms with Gasteiger partial charge in [-0.15, -0.1) is 0 Å². The van der Waals surface area contributed by atoms with Crippen LogP contribution in [0.2, 0.25) is 0 Å². The van der Waals surface area contributed by atoms with Crippen LogP contribution in [-0.2, 0) is 37.5 Å². The highest BCUT2D eigenvalue weighted by atomic mass is 31.2. The lowest BCUT2D eigenvalue weighted by molar-refractivity contribution is -0.870. The van der Waals surface area contributed by atoms with Gasteiger partial charge in [-0.2, -0.15) is 0 Å². The lowest BCUT2D eigenvalue weighted by Crippen LogP contribution is -2.37. The van der Waals surface area contributed by atoms with Crippen LogP contribution in [0.15, 0.2) is 85.1 Å². The smallest absolute Gasteiger partial charge is 0.462 e. The number of allylic oxidation sites excluding steroid dienone is 14. The van der Waals surface area contributed by atoms with Gasteiger partial charge in [-0.05, 0) is 83.1 Å². The van der Waals surface area contributed by atoms with Crippen LogP contribution in [0, 0.1) is 0 Å². The first-order chi connectivity index (χ1) is 28.4. The molecule has 0 amide bonds. The molecule has 0 heterocycles. The lowest BCUT2D eigenvalue weighted by atomic mass is 10.1. The van der Waals surface area contributed by atoms with Crippen molar-refractivity contribution in [3.63, 3.8) is 0 Å². The van der Waals surface area contributed by atoms with Gasteiger partial charge in [0, 0.05) is 19.3 Å². The summed E-state index contributed by atoms with van der Waals surface area (Å²) < 4.78 is 34.2. The molecule has 0 bridgehead atoms. The normalized spacial score (nSPS) is 14.3. The number of hydrogen-bond donors (Lipinski definition) is 1. The minimum absolute atomic E-state index is 0.00576. The number of unbranched alkanes of at least 4 members (excludes halogenated alkanes) is 10. The Hall–Kier alpha value is -3.14. The quantitative estimate of drug-likeness (QED) is 0.0122. The van der Waals surface area contributed by atoms with Crippen molar-refractivity contribution in [2.24, 2.45) is 0 Å². The van der Waals surface area contributed by atoms with Gasteiger partial charge in [-0.25, -0.2) is 4.57 Å². The predicted octanol–water partition coefficient (Wildman–Crippen LogP) is 12.0. The SMILES string of the molecule is CC/C=C\C/C=C\C/C=C\C/C=C\C/C=C\CCCCCC(=O)O[C@H](COC(=O)CCCCCCC/C=C\C=C\C(=O)CCCCC)COP(=O)(O)OCC[N+](C)(C)C. The maximum absolute atomic E-state index is 12.7. The Kier molecular flexibility index (Phi) is 36.9. The molecule has 0 fully saturated rings. The molecule has 0 spiro atoms. The summed E-state index contributed by atoms with van der Waals surface area (Å²) in [6.07, 6.45) is 46.1. The standard InChI is InChI=1S/C48H80NO9P/c1-6-8-10-11-12-13-14-15-16-17-18-19-20-21-22-25-29-32-36-40-48(52)58-46(44-57-59(53,54)56-42-41-49(3,4)5)43-55-47(51)39-35-31-28-26-23-24-27-30-34-38-45(50)37-33-9-7-2/h8,10,12-13,15-16,18-19,21-22,27,30,34,38,46H,6-7,9,11,14,17,20,23-26,28-29,31-33,35-37,39-44H2,1-5H3/p+1/b10-8-,13-12-,16-15-,19-18-,22-21-,30-27-,38-34+/t46-/m1/s1. The predicted molar refractivity (Wildman–Crippen MR) is 243 cm³/mol. The Morgan fingerprint density at radius 1 is 0.593 bits per heavy atom. The third kappa shape index (κ3) is 42.8. The zero-order valence-electron chi connectivity index (χ0n) is 37.4. The van der Waals surface area contributed by atoms with E-state index in [1.54, 1.807) is 6.08 Å². The van der Waals surface area contributed by atoms with E-state index >= 15 is 0 Å². The molecule has 0 saturated carbocycles. The van der Waals surface area contributed by atoms with Crippen LogP contribution in [-0.4, -0.2) is 80.7 Å². The second-order valence-electron chi connectivity index (χ2n) is 15.7. The van der Waals surface area contributed by atoms with Crippen molar-refractivity contribution in [1.82, 2.24) is 0 Å². The number of hydrogen-bond acceptors (Lipinski definition) is 8. The van der Waals surface area contributed by atoms with Crippen molar-refractivity contribution in [3.05, 3.63) is 85.1 Å². The molecule has 0 aromatic carbocycles. The van der Waals surface area contributed by atoms with Crippen LogP contribution < -0.4 is 0 Å². The number of ketones is 1. The number of rotatable bonds is 39. The summed E-state index contributed by atoms with van der Waals surface area (Å²) in [5.74, 6) is -0.731. The van der Waals surface area contributed by atoms with Crippen LogP contribution >= 0.6 is 7.82 Å². The molecule has 0 aliphatic heterocycles. The highest BCUT2D eigenvalue weighted by Gasteiger charge is 2.27. The largest absolute Gasteiger partial charge is 0.472 e. The molecule has 1 unspecified atom stereocenters. The molecule has 2 atom stereocenters. The molecule has 59 heavy (non-hydrogen) atoms. The van der Waals surface area contributed by atoms with E-state index in [0.29, 0.717) is 30.3 Å². The van der Waals surface area contributed by atoms with Crippen LogP contribution in [0.5, 0.6) is 0 Å². The molecule has 0 aromatic heterocycles. The van der Waals surface area contributed by atoms with Crippen molar-refractivity contribution in [1.29, 1.82) is 0 Å². The van der Waals surface area contributed by atoms with Crippen LogP contribution in [0.4, 0.5) is 0 Å². The first kappa shape index (κ1) is 55.9. The fraction of sp³-hybridized carbons (Fsp3) is 0.646. The summed E-state index contributed by atoms with van der Waals surface area (Å²) >= 11 is 0. The van der Waals surface area contributed by atoms with Gasteiger partial charge in [0.2, 0.25) is 0 Å². The summed E-state index contributed by atoms with van der Waals surface area (Å²) in [7, 11) is 1.39. The van der Waals surface area contributed by atoms with Crippen LogP contribution in [0.3, 0.4) is 0 Å². The van der Waals surface area contributed by atoms with E-state index in [-0.39, 0.29) is 31.8 Å². The summed E-state index contributed by atoms with van der Waals surface area (Å²) in [5, 5.41) is 0. The average molecular weight is 847 g/mol. The lowest BCUT2D eigenvalue weighted by Gasteiger charge is -2.24. The topological polar surface area (TPSA) is 125 Å². The fourth-order valence-corrected chi connectivity index (χ4v) is 6.11. The number of phosphoric ester groups is 1. The number of carbonyl (C=O) groups excluding carboxylic acids is 3. The highest BCUT2D eigenvalue weighted by molar-refractivity contribution is 7.47. The zero-order valence-corrected chi connectivity index (χ0v) is 38.3. The minimum Gasteiger partial charge on any atom is -0.462 e. The van der Waals surface area contributed by atoms with Crippen molar-refractivity contribution >= 4 is 25.5 Å². The molecule has 10 nitrogen and oxygen atoms in total. The molecule has 336 valence electrons. The molecule has 0 aliphatic carbocycles. The monoisotopic (exact) mass is 847 g/mol. The van der Waals surface area contributed by atoms with E-state index in [9.17, 15) is 23.8 Å². The van der Waals surface area contributed by atoms with Gasteiger partial charge in [0.1, 0.15) is 19.8 Å². The van der Waals surface area contributed by atoms with E-state index in [1.165, 1.54) is 0 Å². The van der Waals surface area contributed by atoms with Gasteiger partial charge in [-0.1, -0.05) is 131 Å². The van der Waals surface area contributed by atoms with Gasteiger partial charge in [0.05, 0.1) is 27.7 Å². The number of likely N-dealkylation sites (N-methyl/N-ethyl adjacent to an activating group) is 1. The van der Waals surface area contributed by atoms with Crippen LogP contribution in [0.25, 0.3) is 0 Å². The van der Waals surface area contributed by atoms with E-state index in [1.807, 2.05) is 33.3 Å². The summed E-state index contributed by atoms with van der Waals surface area (Å²) in [5.41, 5.74) is 0. The first-order valence-electron chi connectivity index (χ1n) is 22.3. The maximum Gasteiger partial charge on any atom is 0.472 e. The van der Waals surface area contributed by atoms with E-state index in [0.717, 1.165) is 103 Å². The van der Waals surface area contributed by atoms with Gasteiger partial charge >= 0.3 is 19.8 Å². The van der Waals surface area contributed by atoms with Crippen molar-refractivity contribution < 1.29 is 46.8 Å². The molecule has 0 rings (SSSR count). The molecule has 0 aromatic rings. The molecule has 0 aliphatic rings. The minimum atomic E-state index is -4.41. The highest BCUT2D eigenvalue weighted by Crippen LogP contribution is 2.43. The zero-order chi connectivity index (χ0) is 43.7. The van der Waals surface area contributed by atoms with E-state index in [2.05, 4.69) is 80.7 Å². The average Bonchev–Trinajstić information content (AvgIpc) is 3.18. The Morgan fingerprint density at radius 2 is 1.12 bits per heavy atom. The molecule has 1 N–H and O–H groups in total. The number of phosphoric acid groups is 1. The first-order valence-corrected chi connectivity index (χ1v) is 23.8. The maximum atomic E-state index is 12.7. The Labute approximate surface area is 358 Å². The molecular weight excluding hydrogens is 766 g/mol. The Morgan fingerprint density at radius 3 is 1.73 bits per heavy atom. The van der Waals surface area contributed by atoms with Crippen molar-refractivity contribution in [2.75, 3.05) is 47.5 Å². The second-order valence-corrected chi connectivity index (χ2v) is 17.2. The third-order valence-electron chi connectivity index (χ3n) is 8.89. The molecule has 0 radical (unpaired) electrons. The summed E-state index contributed by atoms with van der Waals surface area (Å²) in [4.78, 5) is 47.1. The summed E-state index contributed by atoms with van der Waals surface area (Å²) in [6, 6.07) is 0. The molecular formula is C48H81NO9P+. The number of quaternary nitrogens is 1. The van der Waals surface area contributed by atoms with Gasteiger partial charge in [0.25, 0.3) is 0 Å². The number of esters is 2. The Balaban J connectivity index is 4.50. The van der Waals surface area contributed by atoms with Crippen molar-refractivity contribution in [2.45, 2.75) is 155 Å². The van der Waals surface area contributed by atoms with Gasteiger partial charge in [0.15, 0.2) is 11.9 Å². The van der Waals surface area contributed by atoms with Crippen LogP contribution in [0.1, 0.15) is 149 Å². The van der Waals surface area contributed by atoms with E-state index < -0.39 is 32.5 Å². The van der Waals surface area contributed by atoms with Gasteiger partial charge < -0.3 is 18.9 Å². The fourth-order valence-electron chi connectivity index (χ4n) is 5.37. The number of carbonyl (C=O) groups is 3. The Bertz CT molecular complexity index is 1340. The molecule has 0 saturated heterocycles. The van der Waals surface area contributed by atoms with Gasteiger partial charge in [-0.3, -0.25) is 23.4 Å².